The van der Waals surface area contributed by atoms with E-state index in [9.17, 15) is 0 Å². The Morgan fingerprint density at radius 2 is 2.47 bits per heavy atom. The van der Waals surface area contributed by atoms with E-state index in [0.717, 1.165) is 16.0 Å². The topological polar surface area (TPSA) is 40.7 Å². The lowest BCUT2D eigenvalue weighted by atomic mass is 10.1. The maximum atomic E-state index is 4.23. The van der Waals surface area contributed by atoms with Gasteiger partial charge in [-0.25, -0.2) is 4.98 Å². The molecular weight excluding hydrogens is 274 g/mol. The Labute approximate surface area is 101 Å². The van der Waals surface area contributed by atoms with Gasteiger partial charge in [0.25, 0.3) is 0 Å². The maximum Gasteiger partial charge on any atom is 0.107 e. The minimum atomic E-state index is 0.326. The van der Waals surface area contributed by atoms with Crippen molar-refractivity contribution in [2.24, 2.45) is 0 Å². The number of halogens is 1. The number of likely N-dealkylation sites (N-methyl/N-ethyl adjacent to an activating group) is 1. The van der Waals surface area contributed by atoms with E-state index in [-0.39, 0.29) is 0 Å². The monoisotopic (exact) mass is 285 g/mol. The van der Waals surface area contributed by atoms with E-state index in [1.807, 2.05) is 13.2 Å². The second-order valence-corrected chi connectivity index (χ2v) is 5.72. The highest BCUT2D eigenvalue weighted by molar-refractivity contribution is 9.11. The van der Waals surface area contributed by atoms with Crippen molar-refractivity contribution in [2.45, 2.75) is 12.5 Å². The average Bonchev–Trinajstić information content (AvgIpc) is 2.85. The van der Waals surface area contributed by atoms with E-state index < -0.39 is 0 Å². The SMILES string of the molecule is CNC(Cc1ncc[nH]1)c1ccc(Br)s1. The second-order valence-electron chi connectivity index (χ2n) is 3.22. The highest BCUT2D eigenvalue weighted by atomic mass is 79.9. The third-order valence-corrected chi connectivity index (χ3v) is 3.98. The van der Waals surface area contributed by atoms with Crippen LogP contribution in [0.2, 0.25) is 0 Å². The molecule has 2 aromatic heterocycles. The van der Waals surface area contributed by atoms with E-state index in [1.54, 1.807) is 17.5 Å². The van der Waals surface area contributed by atoms with Gasteiger partial charge >= 0.3 is 0 Å². The minimum Gasteiger partial charge on any atom is -0.349 e. The molecule has 0 saturated heterocycles. The van der Waals surface area contributed by atoms with Crippen molar-refractivity contribution in [3.63, 3.8) is 0 Å². The predicted molar refractivity (Wildman–Crippen MR) is 66.1 cm³/mol. The van der Waals surface area contributed by atoms with Crippen LogP contribution in [-0.4, -0.2) is 17.0 Å². The number of hydrogen-bond acceptors (Lipinski definition) is 3. The van der Waals surface area contributed by atoms with Gasteiger partial charge < -0.3 is 10.3 Å². The number of imidazole rings is 1. The summed E-state index contributed by atoms with van der Waals surface area (Å²) in [6, 6.07) is 4.54. The quantitative estimate of drug-likeness (QED) is 0.907. The molecule has 2 aromatic rings. The molecule has 0 aliphatic carbocycles. The summed E-state index contributed by atoms with van der Waals surface area (Å²) < 4.78 is 1.16. The highest BCUT2D eigenvalue weighted by Gasteiger charge is 2.13. The molecule has 0 aliphatic rings. The highest BCUT2D eigenvalue weighted by Crippen LogP contribution is 2.28. The zero-order valence-corrected chi connectivity index (χ0v) is 10.7. The van der Waals surface area contributed by atoms with Crippen molar-refractivity contribution in [3.05, 3.63) is 39.0 Å². The van der Waals surface area contributed by atoms with Crippen LogP contribution in [0.5, 0.6) is 0 Å². The van der Waals surface area contributed by atoms with Gasteiger partial charge in [-0.15, -0.1) is 11.3 Å². The predicted octanol–water partition coefficient (Wildman–Crippen LogP) is 2.74. The second kappa shape index (κ2) is 4.92. The molecule has 0 bridgehead atoms. The molecule has 0 fully saturated rings. The number of hydrogen-bond donors (Lipinski definition) is 2. The van der Waals surface area contributed by atoms with Gasteiger partial charge in [0, 0.05) is 29.7 Å². The molecular formula is C10H12BrN3S. The van der Waals surface area contributed by atoms with Gasteiger partial charge in [-0.05, 0) is 35.1 Å². The molecule has 0 amide bonds. The third-order valence-electron chi connectivity index (χ3n) is 2.24. The van der Waals surface area contributed by atoms with Crippen molar-refractivity contribution >= 4 is 27.3 Å². The first-order valence-electron chi connectivity index (χ1n) is 4.70. The largest absolute Gasteiger partial charge is 0.349 e. The fraction of sp³-hybridized carbons (Fsp3) is 0.300. The molecule has 2 heterocycles. The normalized spacial score (nSPS) is 12.9. The number of thiophene rings is 1. The fourth-order valence-corrected chi connectivity index (χ4v) is 3.00. The zero-order chi connectivity index (χ0) is 10.7. The Hall–Kier alpha value is -0.650. The van der Waals surface area contributed by atoms with Crippen LogP contribution in [-0.2, 0) is 6.42 Å². The lowest BCUT2D eigenvalue weighted by molar-refractivity contribution is 0.587. The molecule has 5 heteroatoms. The number of nitrogens with zero attached hydrogens (tertiary/aromatic N) is 1. The van der Waals surface area contributed by atoms with Gasteiger partial charge in [0.05, 0.1) is 3.79 Å². The Balaban J connectivity index is 2.11. The van der Waals surface area contributed by atoms with Crippen molar-refractivity contribution in [1.82, 2.24) is 15.3 Å². The summed E-state index contributed by atoms with van der Waals surface area (Å²) in [6.07, 6.45) is 4.52. The maximum absolute atomic E-state index is 4.23. The molecule has 3 nitrogen and oxygen atoms in total. The molecule has 80 valence electrons. The molecule has 0 aliphatic heterocycles. The Bertz CT molecular complexity index is 410. The van der Waals surface area contributed by atoms with Gasteiger partial charge in [0.2, 0.25) is 0 Å². The van der Waals surface area contributed by atoms with E-state index in [0.29, 0.717) is 6.04 Å². The summed E-state index contributed by atoms with van der Waals surface area (Å²) >= 11 is 5.23. The van der Waals surface area contributed by atoms with Crippen molar-refractivity contribution in [2.75, 3.05) is 7.05 Å². The van der Waals surface area contributed by atoms with Crippen LogP contribution >= 0.6 is 27.3 Å². The van der Waals surface area contributed by atoms with Crippen molar-refractivity contribution in [3.8, 4) is 0 Å². The Morgan fingerprint density at radius 3 is 3.00 bits per heavy atom. The summed E-state index contributed by atoms with van der Waals surface area (Å²) in [5.41, 5.74) is 0. The van der Waals surface area contributed by atoms with E-state index >= 15 is 0 Å². The van der Waals surface area contributed by atoms with Crippen LogP contribution < -0.4 is 5.32 Å². The summed E-state index contributed by atoms with van der Waals surface area (Å²) in [5.74, 6) is 1.01. The lowest BCUT2D eigenvalue weighted by Crippen LogP contribution is -2.18. The number of aromatic amines is 1. The molecule has 2 N–H and O–H groups in total. The Kier molecular flexibility index (Phi) is 3.56. The van der Waals surface area contributed by atoms with Gasteiger partial charge in [0.15, 0.2) is 0 Å². The molecule has 0 spiro atoms. The van der Waals surface area contributed by atoms with Crippen LogP contribution in [0, 0.1) is 0 Å². The van der Waals surface area contributed by atoms with E-state index in [2.05, 4.69) is 43.3 Å². The van der Waals surface area contributed by atoms with Gasteiger partial charge in [-0.2, -0.15) is 0 Å². The minimum absolute atomic E-state index is 0.326. The first-order chi connectivity index (χ1) is 7.29. The molecule has 0 aromatic carbocycles. The van der Waals surface area contributed by atoms with Crippen LogP contribution in [0.25, 0.3) is 0 Å². The molecule has 1 atom stereocenters. The van der Waals surface area contributed by atoms with Crippen molar-refractivity contribution in [1.29, 1.82) is 0 Å². The molecule has 1 unspecified atom stereocenters. The summed E-state index contributed by atoms with van der Waals surface area (Å²) in [6.45, 7) is 0. The average molecular weight is 286 g/mol. The molecule has 2 rings (SSSR count). The summed E-state index contributed by atoms with van der Waals surface area (Å²) in [4.78, 5) is 8.67. The van der Waals surface area contributed by atoms with Crippen LogP contribution in [0.15, 0.2) is 28.3 Å². The number of rotatable bonds is 4. The first kappa shape index (κ1) is 10.9. The van der Waals surface area contributed by atoms with E-state index in [1.165, 1.54) is 4.88 Å². The summed E-state index contributed by atoms with van der Waals surface area (Å²) in [7, 11) is 1.97. The van der Waals surface area contributed by atoms with Gasteiger partial charge in [0.1, 0.15) is 5.82 Å². The molecule has 0 radical (unpaired) electrons. The van der Waals surface area contributed by atoms with E-state index in [4.69, 9.17) is 0 Å². The van der Waals surface area contributed by atoms with Crippen molar-refractivity contribution < 1.29 is 0 Å². The van der Waals surface area contributed by atoms with Crippen LogP contribution in [0.3, 0.4) is 0 Å². The third kappa shape index (κ3) is 2.68. The molecule has 15 heavy (non-hydrogen) atoms. The number of aromatic nitrogens is 2. The fourth-order valence-electron chi connectivity index (χ4n) is 1.46. The number of nitrogens with one attached hydrogen (secondary N) is 2. The standard InChI is InChI=1S/C10H12BrN3S/c1-12-7(6-10-13-4-5-14-10)8-2-3-9(11)15-8/h2-5,7,12H,6H2,1H3,(H,13,14). The Morgan fingerprint density at radius 1 is 1.60 bits per heavy atom. The van der Waals surface area contributed by atoms with Gasteiger partial charge in [-0.3, -0.25) is 0 Å². The number of H-pyrrole nitrogens is 1. The van der Waals surface area contributed by atoms with Crippen LogP contribution in [0.1, 0.15) is 16.7 Å². The smallest absolute Gasteiger partial charge is 0.107 e. The lowest BCUT2D eigenvalue weighted by Gasteiger charge is -2.12. The first-order valence-corrected chi connectivity index (χ1v) is 6.31. The zero-order valence-electron chi connectivity index (χ0n) is 8.33. The molecule has 0 saturated carbocycles. The van der Waals surface area contributed by atoms with Gasteiger partial charge in [-0.1, -0.05) is 0 Å². The summed E-state index contributed by atoms with van der Waals surface area (Å²) in [5, 5.41) is 3.30. The van der Waals surface area contributed by atoms with Crippen LogP contribution in [0.4, 0.5) is 0 Å².